The quantitative estimate of drug-likeness (QED) is 0.856. The molecule has 1 aromatic carbocycles. The molecule has 1 aromatic heterocycles. The molecular formula is C16H22N4O3S. The Morgan fingerprint density at radius 3 is 2.71 bits per heavy atom. The molecular weight excluding hydrogens is 328 g/mol. The average Bonchev–Trinajstić information content (AvgIpc) is 3.15. The van der Waals surface area contributed by atoms with E-state index in [1.807, 2.05) is 35.2 Å². The number of benzene rings is 1. The van der Waals surface area contributed by atoms with E-state index in [2.05, 4.69) is 21.8 Å². The number of aromatic nitrogens is 2. The van der Waals surface area contributed by atoms with Gasteiger partial charge in [0.2, 0.25) is 10.0 Å². The van der Waals surface area contributed by atoms with E-state index in [4.69, 9.17) is 4.52 Å². The van der Waals surface area contributed by atoms with Crippen LogP contribution in [0.15, 0.2) is 34.9 Å². The summed E-state index contributed by atoms with van der Waals surface area (Å²) in [6, 6.07) is 9.46. The van der Waals surface area contributed by atoms with Gasteiger partial charge in [-0.05, 0) is 29.6 Å². The monoisotopic (exact) mass is 350 g/mol. The summed E-state index contributed by atoms with van der Waals surface area (Å²) in [5.74, 6) is 1.22. The van der Waals surface area contributed by atoms with Gasteiger partial charge in [-0.25, -0.2) is 13.1 Å². The van der Waals surface area contributed by atoms with E-state index in [-0.39, 0.29) is 12.0 Å². The molecule has 130 valence electrons. The van der Waals surface area contributed by atoms with Crippen LogP contribution in [-0.4, -0.2) is 43.9 Å². The van der Waals surface area contributed by atoms with Crippen molar-refractivity contribution < 1.29 is 12.9 Å². The van der Waals surface area contributed by atoms with Crippen LogP contribution in [0.2, 0.25) is 0 Å². The number of hydrogen-bond acceptors (Lipinski definition) is 6. The fraction of sp³-hybridized carbons (Fsp3) is 0.500. The van der Waals surface area contributed by atoms with E-state index >= 15 is 0 Å². The highest BCUT2D eigenvalue weighted by Crippen LogP contribution is 2.27. The normalized spacial score (nSPS) is 21.3. The van der Waals surface area contributed by atoms with Gasteiger partial charge in [-0.15, -0.1) is 0 Å². The fourth-order valence-electron chi connectivity index (χ4n) is 3.15. The molecule has 0 unspecified atom stereocenters. The molecule has 0 bridgehead atoms. The molecule has 0 spiro atoms. The highest BCUT2D eigenvalue weighted by atomic mass is 32.2. The Balaban J connectivity index is 1.77. The van der Waals surface area contributed by atoms with Crippen molar-refractivity contribution in [1.29, 1.82) is 0 Å². The van der Waals surface area contributed by atoms with E-state index in [1.165, 1.54) is 6.26 Å². The third-order valence-electron chi connectivity index (χ3n) is 4.18. The van der Waals surface area contributed by atoms with E-state index in [9.17, 15) is 8.42 Å². The Hall–Kier alpha value is -1.93. The first kappa shape index (κ1) is 16.9. The van der Waals surface area contributed by atoms with Crippen LogP contribution in [0.3, 0.4) is 0 Å². The van der Waals surface area contributed by atoms with Crippen molar-refractivity contribution >= 4 is 16.0 Å². The van der Waals surface area contributed by atoms with Gasteiger partial charge in [0.05, 0.1) is 6.26 Å². The molecule has 7 nitrogen and oxygen atoms in total. The maximum absolute atomic E-state index is 11.6. The lowest BCUT2D eigenvalue weighted by Gasteiger charge is -2.17. The molecule has 0 radical (unpaired) electrons. The summed E-state index contributed by atoms with van der Waals surface area (Å²) in [5, 5.41) is 4.06. The van der Waals surface area contributed by atoms with Crippen LogP contribution in [-0.2, 0) is 10.0 Å². The zero-order valence-electron chi connectivity index (χ0n) is 13.8. The van der Waals surface area contributed by atoms with Crippen LogP contribution in [0.4, 0.5) is 5.95 Å². The number of sulfonamides is 1. The van der Waals surface area contributed by atoms with Gasteiger partial charge in [-0.3, -0.25) is 0 Å². The summed E-state index contributed by atoms with van der Waals surface area (Å²) in [6.07, 6.45) is 3.15. The van der Waals surface area contributed by atoms with Gasteiger partial charge in [0.15, 0.2) is 0 Å². The smallest absolute Gasteiger partial charge is 0.266 e. The van der Waals surface area contributed by atoms with Gasteiger partial charge in [0.25, 0.3) is 11.8 Å². The van der Waals surface area contributed by atoms with Crippen LogP contribution < -0.4 is 9.62 Å². The molecule has 3 rings (SSSR count). The Kier molecular flexibility index (Phi) is 4.86. The lowest BCUT2D eigenvalue weighted by molar-refractivity contribution is 0.429. The highest BCUT2D eigenvalue weighted by molar-refractivity contribution is 7.88. The summed E-state index contributed by atoms with van der Waals surface area (Å²) < 4.78 is 31.3. The van der Waals surface area contributed by atoms with Crippen LogP contribution >= 0.6 is 0 Å². The second kappa shape index (κ2) is 6.90. The molecule has 8 heteroatoms. The summed E-state index contributed by atoms with van der Waals surface area (Å²) in [6.45, 7) is 3.36. The third-order valence-corrected chi connectivity index (χ3v) is 4.92. The number of hydrogen-bond donors (Lipinski definition) is 1. The Morgan fingerprint density at radius 1 is 1.29 bits per heavy atom. The van der Waals surface area contributed by atoms with Gasteiger partial charge < -0.3 is 9.42 Å². The predicted molar refractivity (Wildman–Crippen MR) is 92.1 cm³/mol. The van der Waals surface area contributed by atoms with E-state index < -0.39 is 10.0 Å². The molecule has 1 N–H and O–H groups in total. The minimum Gasteiger partial charge on any atom is -0.336 e. The molecule has 1 saturated heterocycles. The molecule has 0 amide bonds. The van der Waals surface area contributed by atoms with Crippen molar-refractivity contribution in [3.05, 3.63) is 30.3 Å². The van der Waals surface area contributed by atoms with Crippen LogP contribution in [0.25, 0.3) is 11.5 Å². The van der Waals surface area contributed by atoms with E-state index in [1.54, 1.807) is 0 Å². The van der Waals surface area contributed by atoms with Gasteiger partial charge in [-0.1, -0.05) is 31.5 Å². The SMILES string of the molecule is CCC[C@@H]1CN(c2noc(-c3ccccc3)n2)C[C@H]1NS(C)(=O)=O. The topological polar surface area (TPSA) is 88.3 Å². The maximum atomic E-state index is 11.6. The number of anilines is 1. The lowest BCUT2D eigenvalue weighted by Crippen LogP contribution is -2.40. The van der Waals surface area contributed by atoms with Crippen LogP contribution in [0.1, 0.15) is 19.8 Å². The second-order valence-electron chi connectivity index (χ2n) is 6.22. The minimum atomic E-state index is -3.24. The van der Waals surface area contributed by atoms with Crippen LogP contribution in [0, 0.1) is 5.92 Å². The molecule has 2 atom stereocenters. The van der Waals surface area contributed by atoms with Gasteiger partial charge in [-0.2, -0.15) is 4.98 Å². The van der Waals surface area contributed by atoms with Crippen molar-refractivity contribution in [2.24, 2.45) is 5.92 Å². The van der Waals surface area contributed by atoms with Crippen molar-refractivity contribution in [1.82, 2.24) is 14.9 Å². The first-order valence-corrected chi connectivity index (χ1v) is 9.97. The average molecular weight is 350 g/mol. The standard InChI is InChI=1S/C16H22N4O3S/c1-3-7-13-10-20(11-14(13)19-24(2,21)22)16-17-15(23-18-16)12-8-5-4-6-9-12/h4-6,8-9,13-14,19H,3,7,10-11H2,1-2H3/t13-,14-/m1/s1. The number of rotatable bonds is 6. The van der Waals surface area contributed by atoms with Gasteiger partial charge in [0, 0.05) is 24.7 Å². The summed E-state index contributed by atoms with van der Waals surface area (Å²) >= 11 is 0. The first-order valence-electron chi connectivity index (χ1n) is 8.07. The van der Waals surface area contributed by atoms with Crippen molar-refractivity contribution in [3.63, 3.8) is 0 Å². The molecule has 0 saturated carbocycles. The number of nitrogens with one attached hydrogen (secondary N) is 1. The van der Waals surface area contributed by atoms with Crippen LogP contribution in [0.5, 0.6) is 0 Å². The van der Waals surface area contributed by atoms with Crippen molar-refractivity contribution in [2.45, 2.75) is 25.8 Å². The summed E-state index contributed by atoms with van der Waals surface area (Å²) in [7, 11) is -3.24. The minimum absolute atomic E-state index is 0.126. The Morgan fingerprint density at radius 2 is 2.04 bits per heavy atom. The Bertz CT molecular complexity index is 776. The predicted octanol–water partition coefficient (Wildman–Crippen LogP) is 1.89. The largest absolute Gasteiger partial charge is 0.336 e. The third kappa shape index (κ3) is 3.93. The lowest BCUT2D eigenvalue weighted by atomic mass is 9.99. The number of nitrogens with zero attached hydrogens (tertiary/aromatic N) is 3. The maximum Gasteiger partial charge on any atom is 0.266 e. The molecule has 1 fully saturated rings. The zero-order chi connectivity index (χ0) is 17.2. The Labute approximate surface area is 142 Å². The summed E-state index contributed by atoms with van der Waals surface area (Å²) in [5.41, 5.74) is 0.867. The fourth-order valence-corrected chi connectivity index (χ4v) is 3.97. The molecule has 1 aliphatic heterocycles. The molecule has 24 heavy (non-hydrogen) atoms. The summed E-state index contributed by atoms with van der Waals surface area (Å²) in [4.78, 5) is 6.44. The van der Waals surface area contributed by atoms with E-state index in [0.717, 1.165) is 24.9 Å². The van der Waals surface area contributed by atoms with Gasteiger partial charge in [0.1, 0.15) is 0 Å². The second-order valence-corrected chi connectivity index (χ2v) is 8.00. The molecule has 0 aliphatic carbocycles. The molecule has 2 heterocycles. The van der Waals surface area contributed by atoms with Crippen molar-refractivity contribution in [2.75, 3.05) is 24.2 Å². The zero-order valence-corrected chi connectivity index (χ0v) is 14.7. The van der Waals surface area contributed by atoms with E-state index in [0.29, 0.717) is 18.4 Å². The molecule has 2 aromatic rings. The first-order chi connectivity index (χ1) is 11.5. The highest BCUT2D eigenvalue weighted by Gasteiger charge is 2.35. The molecule has 1 aliphatic rings. The van der Waals surface area contributed by atoms with Crippen molar-refractivity contribution in [3.8, 4) is 11.5 Å². The van der Waals surface area contributed by atoms with Gasteiger partial charge >= 0.3 is 0 Å².